The molecule has 4 rings (SSSR count). The van der Waals surface area contributed by atoms with Crippen LogP contribution in [0.1, 0.15) is 48.7 Å². The zero-order valence-electron chi connectivity index (χ0n) is 11.5. The molecule has 0 aromatic carbocycles. The van der Waals surface area contributed by atoms with E-state index in [4.69, 9.17) is 4.98 Å². The molecule has 19 heavy (non-hydrogen) atoms. The molecule has 104 valence electrons. The molecule has 0 radical (unpaired) electrons. The highest BCUT2D eigenvalue weighted by molar-refractivity contribution is 7.09. The minimum Gasteiger partial charge on any atom is -0.317 e. The Morgan fingerprint density at radius 2 is 2.16 bits per heavy atom. The number of nitrogens with one attached hydrogen (secondary N) is 1. The van der Waals surface area contributed by atoms with Crippen molar-refractivity contribution in [1.82, 2.24) is 15.2 Å². The Morgan fingerprint density at radius 3 is 2.95 bits per heavy atom. The molecule has 1 spiro atoms. The van der Waals surface area contributed by atoms with Gasteiger partial charge in [-0.05, 0) is 57.2 Å². The number of likely N-dealkylation sites (tertiary alicyclic amines) is 1. The molecule has 1 aliphatic carbocycles. The van der Waals surface area contributed by atoms with Crippen molar-refractivity contribution in [1.29, 1.82) is 0 Å². The summed E-state index contributed by atoms with van der Waals surface area (Å²) in [6, 6.07) is 0. The molecule has 1 aromatic heterocycles. The van der Waals surface area contributed by atoms with Crippen LogP contribution >= 0.6 is 11.3 Å². The van der Waals surface area contributed by atoms with Crippen LogP contribution in [0, 0.1) is 5.41 Å². The van der Waals surface area contributed by atoms with E-state index < -0.39 is 0 Å². The minimum atomic E-state index is 0.626. The van der Waals surface area contributed by atoms with E-state index in [1.54, 1.807) is 0 Å². The van der Waals surface area contributed by atoms with Gasteiger partial charge in [0.25, 0.3) is 0 Å². The molecule has 2 saturated heterocycles. The highest BCUT2D eigenvalue weighted by Crippen LogP contribution is 2.42. The summed E-state index contributed by atoms with van der Waals surface area (Å²) in [6.45, 7) is 6.09. The van der Waals surface area contributed by atoms with Gasteiger partial charge in [-0.3, -0.25) is 4.90 Å². The van der Waals surface area contributed by atoms with Gasteiger partial charge < -0.3 is 5.32 Å². The Labute approximate surface area is 119 Å². The van der Waals surface area contributed by atoms with Crippen molar-refractivity contribution < 1.29 is 0 Å². The van der Waals surface area contributed by atoms with Gasteiger partial charge in [0.05, 0.1) is 10.7 Å². The van der Waals surface area contributed by atoms with E-state index in [1.165, 1.54) is 69.0 Å². The average molecular weight is 277 g/mol. The zero-order chi connectivity index (χ0) is 12.7. The smallest absolute Gasteiger partial charge is 0.0959 e. The number of hydrogen-bond donors (Lipinski definition) is 1. The number of nitrogens with zero attached hydrogens (tertiary/aromatic N) is 2. The maximum Gasteiger partial charge on any atom is 0.0959 e. The van der Waals surface area contributed by atoms with Crippen LogP contribution in [0.15, 0.2) is 5.38 Å². The summed E-state index contributed by atoms with van der Waals surface area (Å²) in [7, 11) is 0. The van der Waals surface area contributed by atoms with Gasteiger partial charge in [-0.1, -0.05) is 0 Å². The van der Waals surface area contributed by atoms with Crippen LogP contribution < -0.4 is 5.32 Å². The fraction of sp³-hybridized carbons (Fsp3) is 0.800. The number of hydrogen-bond acceptors (Lipinski definition) is 4. The molecular formula is C15H23N3S. The van der Waals surface area contributed by atoms with E-state index >= 15 is 0 Å². The first kappa shape index (κ1) is 12.3. The summed E-state index contributed by atoms with van der Waals surface area (Å²) in [6.07, 6.45) is 6.87. The lowest BCUT2D eigenvalue weighted by Crippen LogP contribution is -2.38. The predicted octanol–water partition coefficient (Wildman–Crippen LogP) is 2.60. The van der Waals surface area contributed by atoms with Crippen LogP contribution in [0.2, 0.25) is 0 Å². The highest BCUT2D eigenvalue weighted by atomic mass is 32.1. The van der Waals surface area contributed by atoms with Crippen molar-refractivity contribution in [3.63, 3.8) is 0 Å². The third-order valence-corrected chi connectivity index (χ3v) is 6.12. The van der Waals surface area contributed by atoms with E-state index in [0.29, 0.717) is 5.41 Å². The molecule has 4 heteroatoms. The molecule has 1 saturated carbocycles. The molecule has 0 amide bonds. The van der Waals surface area contributed by atoms with Crippen molar-refractivity contribution in [2.45, 2.75) is 44.6 Å². The largest absolute Gasteiger partial charge is 0.317 e. The summed E-state index contributed by atoms with van der Waals surface area (Å²) in [4.78, 5) is 7.47. The molecule has 3 nitrogen and oxygen atoms in total. The fourth-order valence-electron chi connectivity index (χ4n) is 3.67. The van der Waals surface area contributed by atoms with Crippen LogP contribution in [0.25, 0.3) is 0 Å². The SMILES string of the molecule is c1sc(C2CC2)nc1CN1CCC2(CCNCC2)C1. The van der Waals surface area contributed by atoms with Gasteiger partial charge in [0.15, 0.2) is 0 Å². The summed E-state index contributed by atoms with van der Waals surface area (Å²) in [5.41, 5.74) is 1.94. The van der Waals surface area contributed by atoms with E-state index in [-0.39, 0.29) is 0 Å². The summed E-state index contributed by atoms with van der Waals surface area (Å²) < 4.78 is 0. The second kappa shape index (κ2) is 4.83. The maximum absolute atomic E-state index is 4.83. The third kappa shape index (κ3) is 2.58. The molecule has 0 bridgehead atoms. The molecule has 2 aliphatic heterocycles. The van der Waals surface area contributed by atoms with Crippen molar-refractivity contribution in [3.8, 4) is 0 Å². The second-order valence-electron chi connectivity index (χ2n) is 6.66. The van der Waals surface area contributed by atoms with Crippen molar-refractivity contribution in [3.05, 3.63) is 16.1 Å². The van der Waals surface area contributed by atoms with Gasteiger partial charge >= 0.3 is 0 Å². The molecule has 3 fully saturated rings. The van der Waals surface area contributed by atoms with Gasteiger partial charge in [0, 0.05) is 24.4 Å². The van der Waals surface area contributed by atoms with Crippen molar-refractivity contribution >= 4 is 11.3 Å². The molecule has 0 unspecified atom stereocenters. The molecule has 3 aliphatic rings. The van der Waals surface area contributed by atoms with Crippen LogP contribution in [-0.2, 0) is 6.54 Å². The summed E-state index contributed by atoms with van der Waals surface area (Å²) >= 11 is 1.88. The number of rotatable bonds is 3. The van der Waals surface area contributed by atoms with Crippen LogP contribution in [0.3, 0.4) is 0 Å². The van der Waals surface area contributed by atoms with E-state index in [9.17, 15) is 0 Å². The van der Waals surface area contributed by atoms with E-state index in [2.05, 4.69) is 15.6 Å². The van der Waals surface area contributed by atoms with Crippen LogP contribution in [0.5, 0.6) is 0 Å². The third-order valence-electron chi connectivity index (χ3n) is 5.06. The molecule has 3 heterocycles. The lowest BCUT2D eigenvalue weighted by molar-refractivity contribution is 0.193. The normalized spacial score (nSPS) is 27.2. The molecule has 0 atom stereocenters. The molecular weight excluding hydrogens is 254 g/mol. The number of piperidine rings is 1. The van der Waals surface area contributed by atoms with Gasteiger partial charge in [-0.15, -0.1) is 11.3 Å². The lowest BCUT2D eigenvalue weighted by atomic mass is 9.78. The number of thiazole rings is 1. The first-order valence-corrected chi connectivity index (χ1v) is 8.58. The Hall–Kier alpha value is -0.450. The van der Waals surface area contributed by atoms with Gasteiger partial charge in [0.2, 0.25) is 0 Å². The first-order chi connectivity index (χ1) is 9.33. The van der Waals surface area contributed by atoms with Crippen LogP contribution in [0.4, 0.5) is 0 Å². The van der Waals surface area contributed by atoms with Gasteiger partial charge in [-0.2, -0.15) is 0 Å². The van der Waals surface area contributed by atoms with Crippen molar-refractivity contribution in [2.75, 3.05) is 26.2 Å². The Balaban J connectivity index is 1.37. The fourth-order valence-corrected chi connectivity index (χ4v) is 4.65. The second-order valence-corrected chi connectivity index (χ2v) is 7.55. The van der Waals surface area contributed by atoms with Gasteiger partial charge in [0.1, 0.15) is 0 Å². The Bertz CT molecular complexity index is 446. The zero-order valence-corrected chi connectivity index (χ0v) is 12.3. The topological polar surface area (TPSA) is 28.2 Å². The predicted molar refractivity (Wildman–Crippen MR) is 78.5 cm³/mol. The van der Waals surface area contributed by atoms with E-state index in [0.717, 1.165) is 12.5 Å². The standard InChI is InChI=1S/C15H23N3S/c1-2-12(1)14-17-13(10-19-14)9-18-8-5-15(11-18)3-6-16-7-4-15/h10,12,16H,1-9,11H2. The Kier molecular flexibility index (Phi) is 3.13. The van der Waals surface area contributed by atoms with Crippen molar-refractivity contribution in [2.24, 2.45) is 5.41 Å². The quantitative estimate of drug-likeness (QED) is 0.920. The lowest BCUT2D eigenvalue weighted by Gasteiger charge is -2.33. The minimum absolute atomic E-state index is 0.626. The molecule has 1 N–H and O–H groups in total. The Morgan fingerprint density at radius 1 is 1.32 bits per heavy atom. The molecule has 1 aromatic rings. The monoisotopic (exact) mass is 277 g/mol. The maximum atomic E-state index is 4.83. The van der Waals surface area contributed by atoms with E-state index in [1.807, 2.05) is 11.3 Å². The first-order valence-electron chi connectivity index (χ1n) is 7.70. The summed E-state index contributed by atoms with van der Waals surface area (Å²) in [5, 5.41) is 7.18. The number of aromatic nitrogens is 1. The van der Waals surface area contributed by atoms with Gasteiger partial charge in [-0.25, -0.2) is 4.98 Å². The highest BCUT2D eigenvalue weighted by Gasteiger charge is 2.38. The van der Waals surface area contributed by atoms with Crippen LogP contribution in [-0.4, -0.2) is 36.1 Å². The average Bonchev–Trinajstić information content (AvgIpc) is 3.07. The summed E-state index contributed by atoms with van der Waals surface area (Å²) in [5.74, 6) is 0.813.